The lowest BCUT2D eigenvalue weighted by atomic mass is 10.0. The molecule has 220 valence electrons. The molecule has 0 spiro atoms. The molecule has 2 fully saturated rings. The third-order valence-corrected chi connectivity index (χ3v) is 7.95. The van der Waals surface area contributed by atoms with Crippen molar-refractivity contribution in [1.82, 2.24) is 29.5 Å². The fraction of sp³-hybridized carbons (Fsp3) is 0.519. The summed E-state index contributed by atoms with van der Waals surface area (Å²) in [6.45, 7) is 6.56. The third kappa shape index (κ3) is 6.44. The fourth-order valence-electron chi connectivity index (χ4n) is 5.28. The molecule has 2 atom stereocenters. The molecule has 0 aliphatic carbocycles. The number of H-pyrrole nitrogens is 1. The van der Waals surface area contributed by atoms with Gasteiger partial charge >= 0.3 is 6.09 Å². The van der Waals surface area contributed by atoms with E-state index >= 15 is 0 Å². The first-order valence-corrected chi connectivity index (χ1v) is 14.3. The van der Waals surface area contributed by atoms with Crippen molar-refractivity contribution in [3.63, 3.8) is 0 Å². The molecule has 2 saturated heterocycles. The van der Waals surface area contributed by atoms with Gasteiger partial charge < -0.3 is 20.1 Å². The Morgan fingerprint density at radius 2 is 1.93 bits per heavy atom. The molecule has 0 bridgehead atoms. The molecular weight excluding hydrogens is 573 g/mol. The minimum absolute atomic E-state index is 0.0567. The summed E-state index contributed by atoms with van der Waals surface area (Å²) in [6.07, 6.45) is 1.48. The number of hydrogen-bond acceptors (Lipinski definition) is 8. The zero-order chi connectivity index (χ0) is 29.5. The number of aromatic nitrogens is 4. The van der Waals surface area contributed by atoms with E-state index in [9.17, 15) is 19.5 Å². The number of amides is 2. The van der Waals surface area contributed by atoms with Crippen molar-refractivity contribution in [3.8, 4) is 0 Å². The Bertz CT molecular complexity index is 1510. The van der Waals surface area contributed by atoms with Gasteiger partial charge in [-0.1, -0.05) is 29.3 Å². The topological polar surface area (TPSA) is 146 Å². The molecule has 12 nitrogen and oxygen atoms in total. The van der Waals surface area contributed by atoms with Crippen LogP contribution in [0.5, 0.6) is 0 Å². The average molecular weight is 607 g/mol. The number of β-amino-alcohol motifs (C(OH)–C–C–N with tert-alkyl or cyclic N) is 1. The quantitative estimate of drug-likeness (QED) is 0.400. The average Bonchev–Trinajstić information content (AvgIpc) is 3.52. The number of halogens is 2. The minimum atomic E-state index is -0.785. The molecule has 0 saturated carbocycles. The second-order valence-corrected chi connectivity index (χ2v) is 12.2. The summed E-state index contributed by atoms with van der Waals surface area (Å²) in [7, 11) is 0. The van der Waals surface area contributed by atoms with Gasteiger partial charge in [-0.2, -0.15) is 5.10 Å². The molecule has 41 heavy (non-hydrogen) atoms. The standard InChI is InChI=1S/C27H33Cl2N7O5/c1-27(2,3)41-26(40)35-14-17(37)11-21(35)24(39)34-8-6-16(7-9-34)36-22-20(13-31-36)32-25(33-23(22)38)30-12-15-4-5-18(28)19(29)10-15/h4-5,10,13,16-17,21,37H,6-9,11-12,14H2,1-3H3,(H2,30,32,33,38). The van der Waals surface area contributed by atoms with Gasteiger partial charge in [0.25, 0.3) is 5.56 Å². The van der Waals surface area contributed by atoms with Crippen molar-refractivity contribution in [1.29, 1.82) is 0 Å². The number of nitrogens with one attached hydrogen (secondary N) is 2. The summed E-state index contributed by atoms with van der Waals surface area (Å²) in [4.78, 5) is 49.4. The van der Waals surface area contributed by atoms with Crippen LogP contribution in [0.25, 0.3) is 11.0 Å². The van der Waals surface area contributed by atoms with Crippen molar-refractivity contribution >= 4 is 52.2 Å². The number of rotatable bonds is 5. The lowest BCUT2D eigenvalue weighted by molar-refractivity contribution is -0.137. The number of aliphatic hydroxyl groups excluding tert-OH is 1. The number of aliphatic hydroxyl groups is 1. The molecule has 2 aliphatic heterocycles. The zero-order valence-electron chi connectivity index (χ0n) is 23.1. The van der Waals surface area contributed by atoms with E-state index in [0.29, 0.717) is 59.5 Å². The van der Waals surface area contributed by atoms with Crippen LogP contribution in [0.2, 0.25) is 10.0 Å². The van der Waals surface area contributed by atoms with Crippen LogP contribution in [-0.4, -0.2) is 84.0 Å². The number of nitrogens with zero attached hydrogens (tertiary/aromatic N) is 5. The molecule has 5 rings (SSSR count). The SMILES string of the molecule is CC(C)(C)OC(=O)N1CC(O)CC1C(=O)N1CCC(n2ncc3nc(NCc4ccc(Cl)c(Cl)c4)[nH]c(=O)c32)CC1. The molecule has 4 heterocycles. The van der Waals surface area contributed by atoms with Crippen LogP contribution in [-0.2, 0) is 16.1 Å². The highest BCUT2D eigenvalue weighted by molar-refractivity contribution is 6.42. The minimum Gasteiger partial charge on any atom is -0.444 e. The highest BCUT2D eigenvalue weighted by Gasteiger charge is 2.43. The van der Waals surface area contributed by atoms with Crippen LogP contribution in [0.3, 0.4) is 0 Å². The predicted molar refractivity (Wildman–Crippen MR) is 154 cm³/mol. The molecule has 3 aromatic rings. The molecule has 2 unspecified atom stereocenters. The fourth-order valence-corrected chi connectivity index (χ4v) is 5.60. The van der Waals surface area contributed by atoms with Crippen LogP contribution < -0.4 is 10.9 Å². The maximum absolute atomic E-state index is 13.4. The van der Waals surface area contributed by atoms with Crippen LogP contribution in [0.15, 0.2) is 29.2 Å². The Morgan fingerprint density at radius 1 is 1.20 bits per heavy atom. The molecule has 1 aromatic carbocycles. The van der Waals surface area contributed by atoms with Crippen LogP contribution in [0.1, 0.15) is 51.6 Å². The number of likely N-dealkylation sites (tertiary alicyclic amines) is 2. The molecule has 14 heteroatoms. The van der Waals surface area contributed by atoms with E-state index in [1.807, 2.05) is 6.07 Å². The number of hydrogen-bond donors (Lipinski definition) is 3. The Kier molecular flexibility index (Phi) is 8.18. The Morgan fingerprint density at radius 3 is 2.61 bits per heavy atom. The molecule has 0 radical (unpaired) electrons. The maximum atomic E-state index is 13.4. The van der Waals surface area contributed by atoms with Crippen LogP contribution in [0, 0.1) is 0 Å². The number of fused-ring (bicyclic) bond motifs is 1. The second-order valence-electron chi connectivity index (χ2n) is 11.4. The van der Waals surface area contributed by atoms with Gasteiger partial charge in [-0.3, -0.25) is 24.2 Å². The Hall–Kier alpha value is -3.35. The molecule has 3 N–H and O–H groups in total. The molecule has 2 aromatic heterocycles. The highest BCUT2D eigenvalue weighted by atomic mass is 35.5. The number of piperidine rings is 1. The van der Waals surface area contributed by atoms with Gasteiger partial charge in [-0.05, 0) is 51.3 Å². The van der Waals surface area contributed by atoms with Gasteiger partial charge in [0.05, 0.1) is 34.9 Å². The Balaban J connectivity index is 1.23. The molecule has 2 amide bonds. The summed E-state index contributed by atoms with van der Waals surface area (Å²) in [6, 6.07) is 4.40. The smallest absolute Gasteiger partial charge is 0.411 e. The first kappa shape index (κ1) is 29.2. The van der Waals surface area contributed by atoms with E-state index in [1.54, 1.807) is 48.7 Å². The van der Waals surface area contributed by atoms with Crippen molar-refractivity contribution in [2.45, 2.75) is 70.4 Å². The van der Waals surface area contributed by atoms with Crippen LogP contribution in [0.4, 0.5) is 10.7 Å². The van der Waals surface area contributed by atoms with E-state index in [-0.39, 0.29) is 30.5 Å². The van der Waals surface area contributed by atoms with E-state index in [4.69, 9.17) is 27.9 Å². The summed E-state index contributed by atoms with van der Waals surface area (Å²) in [5.74, 6) is 0.0928. The molecule has 2 aliphatic rings. The van der Waals surface area contributed by atoms with E-state index in [1.165, 1.54) is 4.90 Å². The lowest BCUT2D eigenvalue weighted by Gasteiger charge is -2.35. The van der Waals surface area contributed by atoms with Gasteiger partial charge in [0.15, 0.2) is 5.52 Å². The van der Waals surface area contributed by atoms with Crippen molar-refractivity contribution in [2.24, 2.45) is 0 Å². The van der Waals surface area contributed by atoms with Crippen molar-refractivity contribution in [3.05, 3.63) is 50.4 Å². The van der Waals surface area contributed by atoms with Gasteiger partial charge in [-0.25, -0.2) is 9.78 Å². The highest BCUT2D eigenvalue weighted by Crippen LogP contribution is 2.28. The first-order valence-electron chi connectivity index (χ1n) is 13.5. The van der Waals surface area contributed by atoms with E-state index in [0.717, 1.165) is 5.56 Å². The number of carbonyl (C=O) groups excluding carboxylic acids is 2. The van der Waals surface area contributed by atoms with Gasteiger partial charge in [-0.15, -0.1) is 0 Å². The lowest BCUT2D eigenvalue weighted by Crippen LogP contribution is -2.51. The number of ether oxygens (including phenoxy) is 1. The predicted octanol–water partition coefficient (Wildman–Crippen LogP) is 3.57. The van der Waals surface area contributed by atoms with Crippen LogP contribution >= 0.6 is 23.2 Å². The maximum Gasteiger partial charge on any atom is 0.411 e. The first-order chi connectivity index (χ1) is 19.4. The Labute approximate surface area is 246 Å². The summed E-state index contributed by atoms with van der Waals surface area (Å²) in [5.41, 5.74) is 0.662. The van der Waals surface area contributed by atoms with E-state index in [2.05, 4.69) is 20.4 Å². The summed E-state index contributed by atoms with van der Waals surface area (Å²) in [5, 5.41) is 18.7. The number of aromatic amines is 1. The number of carbonyl (C=O) groups is 2. The molecular formula is C27H33Cl2N7O5. The number of anilines is 1. The van der Waals surface area contributed by atoms with E-state index < -0.39 is 23.8 Å². The van der Waals surface area contributed by atoms with Gasteiger partial charge in [0.1, 0.15) is 17.2 Å². The van der Waals surface area contributed by atoms with Gasteiger partial charge in [0, 0.05) is 26.1 Å². The van der Waals surface area contributed by atoms with Gasteiger partial charge in [0.2, 0.25) is 11.9 Å². The van der Waals surface area contributed by atoms with Crippen molar-refractivity contribution in [2.75, 3.05) is 25.0 Å². The third-order valence-electron chi connectivity index (χ3n) is 7.21. The largest absolute Gasteiger partial charge is 0.444 e. The normalized spacial score (nSPS) is 20.0. The second kappa shape index (κ2) is 11.5. The van der Waals surface area contributed by atoms with Crippen molar-refractivity contribution < 1.29 is 19.4 Å². The summed E-state index contributed by atoms with van der Waals surface area (Å²) >= 11 is 12.1. The number of benzene rings is 1. The zero-order valence-corrected chi connectivity index (χ0v) is 24.6. The monoisotopic (exact) mass is 605 g/mol. The summed E-state index contributed by atoms with van der Waals surface area (Å²) < 4.78 is 7.13.